The number of aromatic nitrogens is 2. The van der Waals surface area contributed by atoms with E-state index < -0.39 is 5.97 Å². The fourth-order valence-electron chi connectivity index (χ4n) is 2.26. The third-order valence-electron chi connectivity index (χ3n) is 3.28. The van der Waals surface area contributed by atoms with Crippen LogP contribution in [0.15, 0.2) is 48.8 Å². The highest BCUT2D eigenvalue weighted by Gasteiger charge is 2.06. The van der Waals surface area contributed by atoms with Gasteiger partial charge in [0.2, 0.25) is 0 Å². The van der Waals surface area contributed by atoms with Crippen LogP contribution in [0.1, 0.15) is 15.9 Å². The van der Waals surface area contributed by atoms with E-state index in [1.807, 2.05) is 22.8 Å². The summed E-state index contributed by atoms with van der Waals surface area (Å²) in [4.78, 5) is 25.7. The molecule has 1 heterocycles. The number of benzene rings is 2. The maximum absolute atomic E-state index is 10.8. The van der Waals surface area contributed by atoms with Crippen LogP contribution in [0.5, 0.6) is 0 Å². The fraction of sp³-hybridized carbons (Fsp3) is 0.0625. The zero-order valence-corrected chi connectivity index (χ0v) is 11.1. The topological polar surface area (TPSA) is 72.2 Å². The first-order valence-electron chi connectivity index (χ1n) is 6.41. The van der Waals surface area contributed by atoms with E-state index in [9.17, 15) is 9.59 Å². The number of hydrogen-bond acceptors (Lipinski definition) is 3. The number of aldehydes is 1. The number of carboxylic acids is 1. The molecule has 0 aliphatic heterocycles. The van der Waals surface area contributed by atoms with Gasteiger partial charge in [0.1, 0.15) is 12.6 Å². The summed E-state index contributed by atoms with van der Waals surface area (Å²) in [6.45, 7) is 0. The van der Waals surface area contributed by atoms with Crippen LogP contribution in [0.2, 0.25) is 0 Å². The molecule has 0 fully saturated rings. The summed E-state index contributed by atoms with van der Waals surface area (Å²) in [5, 5.41) is 8.77. The number of carbonyl (C=O) groups is 2. The monoisotopic (exact) mass is 280 g/mol. The summed E-state index contributed by atoms with van der Waals surface area (Å²) in [6, 6.07) is 12.6. The molecule has 5 heteroatoms. The number of carbonyl (C=O) groups excluding carboxylic acids is 1. The van der Waals surface area contributed by atoms with Gasteiger partial charge >= 0.3 is 5.97 Å². The molecule has 0 saturated heterocycles. The summed E-state index contributed by atoms with van der Waals surface area (Å²) in [5.41, 5.74) is 3.87. The third kappa shape index (κ3) is 2.53. The summed E-state index contributed by atoms with van der Waals surface area (Å²) in [5.74, 6) is -0.850. The SMILES string of the molecule is O=Cc1ccc2c(c1)ncn2-c1ccc(CC(=O)O)cc1. The Bertz CT molecular complexity index is 819. The maximum Gasteiger partial charge on any atom is 0.307 e. The van der Waals surface area contributed by atoms with Gasteiger partial charge in [-0.15, -0.1) is 0 Å². The van der Waals surface area contributed by atoms with E-state index in [0.29, 0.717) is 5.56 Å². The van der Waals surface area contributed by atoms with Gasteiger partial charge in [-0.25, -0.2) is 4.98 Å². The number of aliphatic carboxylic acids is 1. The van der Waals surface area contributed by atoms with Gasteiger partial charge < -0.3 is 5.11 Å². The lowest BCUT2D eigenvalue weighted by molar-refractivity contribution is -0.136. The Morgan fingerprint density at radius 1 is 1.19 bits per heavy atom. The highest BCUT2D eigenvalue weighted by atomic mass is 16.4. The molecule has 104 valence electrons. The number of imidazole rings is 1. The second-order valence-corrected chi connectivity index (χ2v) is 4.72. The van der Waals surface area contributed by atoms with Gasteiger partial charge in [-0.05, 0) is 35.9 Å². The quantitative estimate of drug-likeness (QED) is 0.745. The summed E-state index contributed by atoms with van der Waals surface area (Å²) in [6.07, 6.45) is 2.48. The maximum atomic E-state index is 10.8. The van der Waals surface area contributed by atoms with Gasteiger partial charge in [0, 0.05) is 11.3 Å². The van der Waals surface area contributed by atoms with Crippen LogP contribution in [-0.4, -0.2) is 26.9 Å². The lowest BCUT2D eigenvalue weighted by Crippen LogP contribution is -2.00. The van der Waals surface area contributed by atoms with E-state index in [2.05, 4.69) is 4.98 Å². The predicted octanol–water partition coefficient (Wildman–Crippen LogP) is 2.47. The molecule has 0 aliphatic rings. The largest absolute Gasteiger partial charge is 0.481 e. The lowest BCUT2D eigenvalue weighted by Gasteiger charge is -2.05. The average Bonchev–Trinajstić information content (AvgIpc) is 2.90. The van der Waals surface area contributed by atoms with Crippen molar-refractivity contribution in [1.82, 2.24) is 9.55 Å². The van der Waals surface area contributed by atoms with Crippen molar-refractivity contribution >= 4 is 23.3 Å². The van der Waals surface area contributed by atoms with Crippen molar-refractivity contribution in [2.24, 2.45) is 0 Å². The van der Waals surface area contributed by atoms with Crippen molar-refractivity contribution in [2.45, 2.75) is 6.42 Å². The molecule has 0 unspecified atom stereocenters. The van der Waals surface area contributed by atoms with Gasteiger partial charge in [0.25, 0.3) is 0 Å². The third-order valence-corrected chi connectivity index (χ3v) is 3.28. The van der Waals surface area contributed by atoms with Gasteiger partial charge in [-0.1, -0.05) is 12.1 Å². The molecular formula is C16H12N2O3. The minimum Gasteiger partial charge on any atom is -0.481 e. The zero-order valence-electron chi connectivity index (χ0n) is 11.1. The number of nitrogens with zero attached hydrogens (tertiary/aromatic N) is 2. The number of rotatable bonds is 4. The van der Waals surface area contributed by atoms with E-state index in [4.69, 9.17) is 5.11 Å². The van der Waals surface area contributed by atoms with Crippen molar-refractivity contribution < 1.29 is 14.7 Å². The number of hydrogen-bond donors (Lipinski definition) is 1. The average molecular weight is 280 g/mol. The van der Waals surface area contributed by atoms with Crippen LogP contribution >= 0.6 is 0 Å². The highest BCUT2D eigenvalue weighted by Crippen LogP contribution is 2.19. The van der Waals surface area contributed by atoms with Gasteiger partial charge in [0.05, 0.1) is 17.5 Å². The lowest BCUT2D eigenvalue weighted by atomic mass is 10.1. The first-order chi connectivity index (χ1) is 10.2. The Morgan fingerprint density at radius 3 is 2.62 bits per heavy atom. The predicted molar refractivity (Wildman–Crippen MR) is 77.8 cm³/mol. The smallest absolute Gasteiger partial charge is 0.307 e. The van der Waals surface area contributed by atoms with Crippen LogP contribution in [0.25, 0.3) is 16.7 Å². The van der Waals surface area contributed by atoms with Gasteiger partial charge in [0.15, 0.2) is 0 Å². The molecule has 0 spiro atoms. The summed E-state index contributed by atoms with van der Waals surface area (Å²) in [7, 11) is 0. The summed E-state index contributed by atoms with van der Waals surface area (Å²) < 4.78 is 1.90. The minimum atomic E-state index is -0.850. The Labute approximate surface area is 120 Å². The van der Waals surface area contributed by atoms with Crippen LogP contribution in [0.3, 0.4) is 0 Å². The molecule has 0 radical (unpaired) electrons. The van der Waals surface area contributed by atoms with Crippen molar-refractivity contribution in [1.29, 1.82) is 0 Å². The van der Waals surface area contributed by atoms with Crippen molar-refractivity contribution in [3.8, 4) is 5.69 Å². The normalized spacial score (nSPS) is 10.7. The standard InChI is InChI=1S/C16H12N2O3/c19-9-12-3-6-15-14(7-12)17-10-18(15)13-4-1-11(2-5-13)8-16(20)21/h1-7,9-10H,8H2,(H,20,21). The van der Waals surface area contributed by atoms with E-state index in [1.165, 1.54) is 0 Å². The number of carboxylic acid groups (broad SMARTS) is 1. The Balaban J connectivity index is 2.00. The molecule has 5 nitrogen and oxygen atoms in total. The molecule has 3 aromatic rings. The van der Waals surface area contributed by atoms with Crippen LogP contribution < -0.4 is 0 Å². The molecule has 0 bridgehead atoms. The number of fused-ring (bicyclic) bond motifs is 1. The second kappa shape index (κ2) is 5.20. The first-order valence-corrected chi connectivity index (χ1v) is 6.41. The minimum absolute atomic E-state index is 0.00759. The first kappa shape index (κ1) is 13.1. The summed E-state index contributed by atoms with van der Waals surface area (Å²) >= 11 is 0. The molecule has 2 aromatic carbocycles. The van der Waals surface area contributed by atoms with Crippen LogP contribution in [0, 0.1) is 0 Å². The molecule has 21 heavy (non-hydrogen) atoms. The Hall–Kier alpha value is -2.95. The molecule has 3 rings (SSSR count). The molecule has 1 N–H and O–H groups in total. The van der Waals surface area contributed by atoms with Crippen molar-refractivity contribution in [2.75, 3.05) is 0 Å². The second-order valence-electron chi connectivity index (χ2n) is 4.72. The molecule has 0 atom stereocenters. The molecule has 0 saturated carbocycles. The van der Waals surface area contributed by atoms with Gasteiger partial charge in [-0.3, -0.25) is 14.2 Å². The molecule has 0 aliphatic carbocycles. The zero-order chi connectivity index (χ0) is 14.8. The van der Waals surface area contributed by atoms with E-state index >= 15 is 0 Å². The fourth-order valence-corrected chi connectivity index (χ4v) is 2.26. The van der Waals surface area contributed by atoms with E-state index in [0.717, 1.165) is 28.6 Å². The van der Waals surface area contributed by atoms with Gasteiger partial charge in [-0.2, -0.15) is 0 Å². The molecule has 0 amide bonds. The molecular weight excluding hydrogens is 268 g/mol. The van der Waals surface area contributed by atoms with Crippen LogP contribution in [0.4, 0.5) is 0 Å². The van der Waals surface area contributed by atoms with E-state index in [-0.39, 0.29) is 6.42 Å². The Morgan fingerprint density at radius 2 is 1.95 bits per heavy atom. The van der Waals surface area contributed by atoms with E-state index in [1.54, 1.807) is 30.6 Å². The van der Waals surface area contributed by atoms with Crippen molar-refractivity contribution in [3.63, 3.8) is 0 Å². The van der Waals surface area contributed by atoms with Crippen molar-refractivity contribution in [3.05, 3.63) is 59.9 Å². The molecule has 1 aromatic heterocycles. The van der Waals surface area contributed by atoms with Crippen LogP contribution in [-0.2, 0) is 11.2 Å². The Kier molecular flexibility index (Phi) is 3.23. The highest BCUT2D eigenvalue weighted by molar-refractivity contribution is 5.85.